The van der Waals surface area contributed by atoms with Crippen molar-refractivity contribution in [2.24, 2.45) is 5.73 Å². The Hall–Kier alpha value is -2.28. The van der Waals surface area contributed by atoms with Crippen LogP contribution in [0.3, 0.4) is 0 Å². The van der Waals surface area contributed by atoms with Gasteiger partial charge in [-0.15, -0.1) is 11.3 Å². The number of pyridine rings is 1. The van der Waals surface area contributed by atoms with Gasteiger partial charge in [-0.05, 0) is 58.0 Å². The number of benzene rings is 2. The lowest BCUT2D eigenvalue weighted by Crippen LogP contribution is -3.00. The van der Waals surface area contributed by atoms with Crippen molar-refractivity contribution in [1.29, 1.82) is 0 Å². The van der Waals surface area contributed by atoms with Gasteiger partial charge in [-0.3, -0.25) is 4.98 Å². The van der Waals surface area contributed by atoms with E-state index in [1.165, 1.54) is 14.9 Å². The molecule has 30 heavy (non-hydrogen) atoms. The van der Waals surface area contributed by atoms with Crippen molar-refractivity contribution in [3.05, 3.63) is 47.4 Å². The van der Waals surface area contributed by atoms with Crippen LogP contribution in [0.4, 0.5) is 5.69 Å². The average molecular weight is 442 g/mol. The second kappa shape index (κ2) is 9.69. The maximum Gasteiger partial charge on any atom is 0.201 e. The van der Waals surface area contributed by atoms with Gasteiger partial charge in [0.15, 0.2) is 0 Å². The first-order valence-corrected chi connectivity index (χ1v) is 11.1. The third-order valence-electron chi connectivity index (χ3n) is 5.27. The minimum atomic E-state index is 0. The zero-order chi connectivity index (χ0) is 20.4. The van der Waals surface area contributed by atoms with E-state index in [0.29, 0.717) is 6.54 Å². The van der Waals surface area contributed by atoms with Crippen LogP contribution in [0.25, 0.3) is 31.7 Å². The summed E-state index contributed by atoms with van der Waals surface area (Å²) in [6, 6.07) is 13.0. The fourth-order valence-electron chi connectivity index (χ4n) is 3.71. The molecule has 0 atom stereocenters. The van der Waals surface area contributed by atoms with Crippen molar-refractivity contribution in [3.8, 4) is 10.6 Å². The normalized spacial score (nSPS) is 11.1. The molecule has 0 spiro atoms. The van der Waals surface area contributed by atoms with Crippen molar-refractivity contribution in [2.75, 3.05) is 31.5 Å². The molecule has 4 rings (SSSR count). The molecule has 2 heterocycles. The first kappa shape index (κ1) is 22.4. The highest BCUT2D eigenvalue weighted by Crippen LogP contribution is 2.36. The number of rotatable bonds is 6. The fourth-order valence-corrected chi connectivity index (χ4v) is 4.77. The van der Waals surface area contributed by atoms with Gasteiger partial charge in [-0.25, -0.2) is 9.56 Å². The number of aromatic nitrogens is 2. The smallest absolute Gasteiger partial charge is 0.201 e. The van der Waals surface area contributed by atoms with Gasteiger partial charge in [-0.2, -0.15) is 0 Å². The highest BCUT2D eigenvalue weighted by Gasteiger charge is 2.15. The Balaban J connectivity index is 0.00000256. The molecule has 7 heteroatoms. The van der Waals surface area contributed by atoms with E-state index in [1.807, 2.05) is 6.92 Å². The molecule has 0 radical (unpaired) electrons. The van der Waals surface area contributed by atoms with E-state index in [4.69, 9.17) is 15.7 Å². The van der Waals surface area contributed by atoms with Crippen molar-refractivity contribution in [2.45, 2.75) is 27.2 Å². The highest BCUT2D eigenvalue weighted by atomic mass is 35.5. The molecule has 158 valence electrons. The molecule has 0 fully saturated rings. The summed E-state index contributed by atoms with van der Waals surface area (Å²) in [6.45, 7) is 9.92. The quantitative estimate of drug-likeness (QED) is 0.201. The molecular formula is C23H28ClN5S. The van der Waals surface area contributed by atoms with E-state index in [9.17, 15) is 0 Å². The van der Waals surface area contributed by atoms with Crippen molar-refractivity contribution in [3.63, 3.8) is 0 Å². The second-order valence-corrected chi connectivity index (χ2v) is 8.31. The summed E-state index contributed by atoms with van der Waals surface area (Å²) in [7, 11) is 0. The number of halogens is 1. The molecule has 2 aromatic rings. The Kier molecular flexibility index (Phi) is 7.23. The lowest BCUT2D eigenvalue weighted by molar-refractivity contribution is -0.00000610. The van der Waals surface area contributed by atoms with Crippen molar-refractivity contribution >= 4 is 38.1 Å². The SMILES string of the molecule is CC[N+](CC)=c1ccc2nc3c(cc(NCCCN)c4nc(C)ccc43)sc-2c1.[Cl-]. The zero-order valence-corrected chi connectivity index (χ0v) is 19.3. The van der Waals surface area contributed by atoms with Crippen LogP contribution in [0.5, 0.6) is 0 Å². The Bertz CT molecular complexity index is 1210. The van der Waals surface area contributed by atoms with Gasteiger partial charge in [0, 0.05) is 29.8 Å². The van der Waals surface area contributed by atoms with E-state index >= 15 is 0 Å². The Morgan fingerprint density at radius 1 is 1.03 bits per heavy atom. The monoisotopic (exact) mass is 441 g/mol. The van der Waals surface area contributed by atoms with Crippen LogP contribution in [0, 0.1) is 6.92 Å². The van der Waals surface area contributed by atoms with Gasteiger partial charge in [0.2, 0.25) is 5.36 Å². The summed E-state index contributed by atoms with van der Waals surface area (Å²) < 4.78 is 3.53. The van der Waals surface area contributed by atoms with Crippen LogP contribution in [-0.2, 0) is 0 Å². The first-order valence-electron chi connectivity index (χ1n) is 10.3. The van der Waals surface area contributed by atoms with Gasteiger partial charge in [0.1, 0.15) is 13.1 Å². The van der Waals surface area contributed by atoms with Gasteiger partial charge < -0.3 is 23.5 Å². The summed E-state index contributed by atoms with van der Waals surface area (Å²) in [5.74, 6) is 0. The molecule has 1 aliphatic carbocycles. The molecule has 2 aliphatic rings. The molecule has 0 saturated heterocycles. The number of hydrogen-bond acceptors (Lipinski definition) is 5. The second-order valence-electron chi connectivity index (χ2n) is 7.23. The fraction of sp³-hybridized carbons (Fsp3) is 0.348. The van der Waals surface area contributed by atoms with Gasteiger partial charge >= 0.3 is 0 Å². The summed E-state index contributed by atoms with van der Waals surface area (Å²) in [6.07, 6.45) is 0.929. The summed E-state index contributed by atoms with van der Waals surface area (Å²) in [5, 5.41) is 5.87. The van der Waals surface area contributed by atoms with Crippen LogP contribution in [0.1, 0.15) is 26.0 Å². The number of hydrogen-bond donors (Lipinski definition) is 2. The largest absolute Gasteiger partial charge is 1.00 e. The topological polar surface area (TPSA) is 66.8 Å². The number of nitrogens with one attached hydrogen (secondary N) is 1. The first-order chi connectivity index (χ1) is 14.1. The van der Waals surface area contributed by atoms with Crippen molar-refractivity contribution in [1.82, 2.24) is 14.5 Å². The lowest BCUT2D eigenvalue weighted by atomic mass is 10.1. The van der Waals surface area contributed by atoms with E-state index in [2.05, 4.69) is 60.1 Å². The van der Waals surface area contributed by atoms with Crippen LogP contribution in [0.15, 0.2) is 36.4 Å². The van der Waals surface area contributed by atoms with Gasteiger partial charge in [0.25, 0.3) is 0 Å². The molecule has 1 aromatic carbocycles. The van der Waals surface area contributed by atoms with Gasteiger partial charge in [-0.1, -0.05) is 0 Å². The van der Waals surface area contributed by atoms with E-state index in [1.54, 1.807) is 11.3 Å². The maximum absolute atomic E-state index is 5.68. The van der Waals surface area contributed by atoms with Crippen LogP contribution in [0.2, 0.25) is 0 Å². The Morgan fingerprint density at radius 2 is 1.83 bits per heavy atom. The number of fused-ring (bicyclic) bond motifs is 4. The standard InChI is InChI=1S/C23H27N5S.ClH/c1-4-28(5-2)16-8-10-18-20(13-16)29-21-14-19(25-12-6-11-24)22-17(23(21)27-18)9-7-15(3)26-22;/h7-10,13-14H,4-6,11-12,24H2,1-3H3;1H. The molecule has 0 amide bonds. The molecule has 1 aliphatic heterocycles. The Morgan fingerprint density at radius 3 is 2.57 bits per heavy atom. The average Bonchev–Trinajstić information content (AvgIpc) is 2.73. The minimum Gasteiger partial charge on any atom is -1.00 e. The number of anilines is 1. The van der Waals surface area contributed by atoms with E-state index in [-0.39, 0.29) is 12.4 Å². The molecule has 5 nitrogen and oxygen atoms in total. The van der Waals surface area contributed by atoms with Crippen molar-refractivity contribution < 1.29 is 12.4 Å². The summed E-state index contributed by atoms with van der Waals surface area (Å²) >= 11 is 1.79. The van der Waals surface area contributed by atoms with E-state index < -0.39 is 0 Å². The molecule has 0 unspecified atom stereocenters. The maximum atomic E-state index is 5.68. The summed E-state index contributed by atoms with van der Waals surface area (Å²) in [5.41, 5.74) is 10.8. The van der Waals surface area contributed by atoms with Crippen LogP contribution < -0.4 is 33.4 Å². The summed E-state index contributed by atoms with van der Waals surface area (Å²) in [4.78, 5) is 11.0. The molecule has 3 N–H and O–H groups in total. The molecule has 0 bridgehead atoms. The predicted octanol–water partition coefficient (Wildman–Crippen LogP) is 0.834. The third-order valence-corrected chi connectivity index (χ3v) is 6.35. The lowest BCUT2D eigenvalue weighted by Gasteiger charge is -2.13. The number of aryl methyl sites for hydroxylation is 1. The Labute approximate surface area is 187 Å². The third kappa shape index (κ3) is 4.26. The highest BCUT2D eigenvalue weighted by molar-refractivity contribution is 7.21. The van der Waals surface area contributed by atoms with Crippen LogP contribution in [-0.4, -0.2) is 36.1 Å². The zero-order valence-electron chi connectivity index (χ0n) is 17.7. The number of nitrogens with zero attached hydrogens (tertiary/aromatic N) is 3. The molecule has 0 saturated carbocycles. The van der Waals surface area contributed by atoms with Crippen LogP contribution >= 0.6 is 11.3 Å². The predicted molar refractivity (Wildman–Crippen MR) is 125 cm³/mol. The molecular weight excluding hydrogens is 414 g/mol. The number of nitrogens with two attached hydrogens (primary N) is 1. The van der Waals surface area contributed by atoms with E-state index in [0.717, 1.165) is 59.5 Å². The minimum absolute atomic E-state index is 0. The van der Waals surface area contributed by atoms with Gasteiger partial charge in [0.05, 0.1) is 32.0 Å². The molecule has 1 aromatic heterocycles.